The number of phenolic OH excluding ortho intramolecular Hbond substituents is 1. The van der Waals surface area contributed by atoms with Crippen LogP contribution in [0.4, 0.5) is 10.5 Å². The van der Waals surface area contributed by atoms with Crippen molar-refractivity contribution in [2.24, 2.45) is 0 Å². The molecule has 208 valence electrons. The summed E-state index contributed by atoms with van der Waals surface area (Å²) in [5, 5.41) is 23.2. The fraction of sp³-hybridized carbons (Fsp3) is 0.194. The van der Waals surface area contributed by atoms with Crippen molar-refractivity contribution in [2.75, 3.05) is 5.32 Å². The molecule has 41 heavy (non-hydrogen) atoms. The quantitative estimate of drug-likeness (QED) is 0.181. The molecule has 2 amide bonds. The first-order valence-electron chi connectivity index (χ1n) is 13.3. The van der Waals surface area contributed by atoms with Crippen molar-refractivity contribution < 1.29 is 14.7 Å². The van der Waals surface area contributed by atoms with E-state index in [1.807, 2.05) is 36.4 Å². The van der Waals surface area contributed by atoms with Crippen LogP contribution in [0.3, 0.4) is 0 Å². The molecule has 0 bridgehead atoms. The third-order valence-electron chi connectivity index (χ3n) is 7.31. The average Bonchev–Trinajstić information content (AvgIpc) is 3.73. The molecule has 3 N–H and O–H groups in total. The minimum absolute atomic E-state index is 0.0435. The van der Waals surface area contributed by atoms with Crippen molar-refractivity contribution in [1.29, 1.82) is 0 Å². The lowest BCUT2D eigenvalue weighted by Gasteiger charge is -2.12. The molecular formula is C31H26Cl2N4O3S. The lowest BCUT2D eigenvalue weighted by Crippen LogP contribution is -2.30. The minimum Gasteiger partial charge on any atom is -0.507 e. The number of aromatic hydroxyl groups is 1. The first kappa shape index (κ1) is 27.3. The van der Waals surface area contributed by atoms with Gasteiger partial charge in [-0.15, -0.1) is 11.3 Å². The van der Waals surface area contributed by atoms with Crippen LogP contribution in [0.25, 0.3) is 21.3 Å². The molecule has 0 atom stereocenters. The van der Waals surface area contributed by atoms with E-state index in [-0.39, 0.29) is 30.2 Å². The maximum Gasteiger partial charge on any atom is 0.342 e. The summed E-state index contributed by atoms with van der Waals surface area (Å²) < 4.78 is 2.44. The normalized spacial score (nSPS) is 13.5. The summed E-state index contributed by atoms with van der Waals surface area (Å²) in [6, 6.07) is 21.3. The van der Waals surface area contributed by atoms with Gasteiger partial charge in [0.1, 0.15) is 5.75 Å². The number of thiophene rings is 1. The Hall–Kier alpha value is -3.85. The molecule has 0 unspecified atom stereocenters. The highest BCUT2D eigenvalue weighted by atomic mass is 35.5. The van der Waals surface area contributed by atoms with Gasteiger partial charge < -0.3 is 15.7 Å². The number of anilines is 1. The van der Waals surface area contributed by atoms with Crippen LogP contribution in [-0.4, -0.2) is 26.8 Å². The Morgan fingerprint density at radius 3 is 2.54 bits per heavy atom. The molecule has 1 aliphatic carbocycles. The van der Waals surface area contributed by atoms with E-state index in [2.05, 4.69) is 15.7 Å². The molecule has 7 nitrogen and oxygen atoms in total. The Bertz CT molecular complexity index is 1740. The van der Waals surface area contributed by atoms with Crippen LogP contribution in [0.2, 0.25) is 10.0 Å². The van der Waals surface area contributed by atoms with E-state index in [4.69, 9.17) is 23.2 Å². The number of carbonyl (C=O) groups is 2. The molecule has 1 aliphatic rings. The largest absolute Gasteiger partial charge is 0.507 e. The fourth-order valence-corrected chi connectivity index (χ4v) is 6.50. The van der Waals surface area contributed by atoms with Crippen molar-refractivity contribution >= 4 is 62.3 Å². The zero-order valence-corrected chi connectivity index (χ0v) is 24.2. The van der Waals surface area contributed by atoms with E-state index in [1.54, 1.807) is 30.3 Å². The molecule has 10 heteroatoms. The summed E-state index contributed by atoms with van der Waals surface area (Å²) >= 11 is 13.5. The van der Waals surface area contributed by atoms with Gasteiger partial charge in [-0.1, -0.05) is 60.3 Å². The Kier molecular flexibility index (Phi) is 7.71. The number of aromatic nitrogens is 2. The highest BCUT2D eigenvalue weighted by molar-refractivity contribution is 7.20. The van der Waals surface area contributed by atoms with Gasteiger partial charge in [-0.05, 0) is 66.3 Å². The number of carbonyl (C=O) groups excluding carboxylic acids is 2. The molecule has 2 heterocycles. The van der Waals surface area contributed by atoms with Gasteiger partial charge in [0, 0.05) is 34.5 Å². The second-order valence-electron chi connectivity index (χ2n) is 10.1. The van der Waals surface area contributed by atoms with Crippen LogP contribution in [0.1, 0.15) is 52.5 Å². The molecule has 1 saturated carbocycles. The van der Waals surface area contributed by atoms with E-state index >= 15 is 0 Å². The molecule has 2 aromatic heterocycles. The fourth-order valence-electron chi connectivity index (χ4n) is 5.22. The van der Waals surface area contributed by atoms with Gasteiger partial charge in [0.2, 0.25) is 0 Å². The van der Waals surface area contributed by atoms with Crippen LogP contribution < -0.4 is 10.6 Å². The molecule has 0 radical (unpaired) electrons. The molecule has 5 aromatic rings. The zero-order valence-electron chi connectivity index (χ0n) is 21.9. The van der Waals surface area contributed by atoms with Crippen molar-refractivity contribution in [2.45, 2.75) is 38.1 Å². The van der Waals surface area contributed by atoms with Crippen LogP contribution >= 0.6 is 34.5 Å². The van der Waals surface area contributed by atoms with Crippen LogP contribution in [0.5, 0.6) is 5.75 Å². The third kappa shape index (κ3) is 5.81. The molecule has 1 fully saturated rings. The van der Waals surface area contributed by atoms with Gasteiger partial charge in [0.05, 0.1) is 26.3 Å². The maximum absolute atomic E-state index is 13.3. The first-order chi connectivity index (χ1) is 19.9. The van der Waals surface area contributed by atoms with Crippen molar-refractivity contribution in [3.63, 3.8) is 0 Å². The molecule has 6 rings (SSSR count). The number of hydrogen-bond acceptors (Lipinski definition) is 5. The molecule has 0 saturated heterocycles. The lowest BCUT2D eigenvalue weighted by molar-refractivity contribution is 0.103. The van der Waals surface area contributed by atoms with Gasteiger partial charge in [0.15, 0.2) is 0 Å². The Morgan fingerprint density at radius 1 is 0.976 bits per heavy atom. The molecule has 0 spiro atoms. The van der Waals surface area contributed by atoms with Gasteiger partial charge >= 0.3 is 6.03 Å². The van der Waals surface area contributed by atoms with Gasteiger partial charge in [-0.25, -0.2) is 4.79 Å². The summed E-state index contributed by atoms with van der Waals surface area (Å²) in [5.74, 6) is -0.0863. The van der Waals surface area contributed by atoms with Crippen molar-refractivity contribution in [1.82, 2.24) is 15.1 Å². The standard InChI is InChI=1S/C31H26Cl2N4O3S/c32-23-12-9-18(13-24(23)33)17-34-31(40)37-26(19-5-1-2-6-19)16-25(36-37)22-11-10-21(15-27(22)38)35-30(39)29-14-20-7-3-4-8-28(20)41-29/h3-4,7-16,19,38H,1-2,5-6,17H2,(H,34,40)(H,35,39). The Balaban J connectivity index is 1.22. The van der Waals surface area contributed by atoms with Crippen LogP contribution in [0, 0.1) is 0 Å². The van der Waals surface area contributed by atoms with Crippen LogP contribution in [0.15, 0.2) is 72.8 Å². The third-order valence-corrected chi connectivity index (χ3v) is 9.17. The molecular weight excluding hydrogens is 579 g/mol. The average molecular weight is 606 g/mol. The molecule has 0 aliphatic heterocycles. The van der Waals surface area contributed by atoms with Gasteiger partial charge in [0.25, 0.3) is 5.91 Å². The summed E-state index contributed by atoms with van der Waals surface area (Å²) in [7, 11) is 0. The number of fused-ring (bicyclic) bond motifs is 1. The summed E-state index contributed by atoms with van der Waals surface area (Å²) in [6.07, 6.45) is 4.13. The van der Waals surface area contributed by atoms with E-state index in [0.29, 0.717) is 31.9 Å². The molecule has 3 aromatic carbocycles. The number of phenols is 1. The Labute approximate surface area is 250 Å². The predicted octanol–water partition coefficient (Wildman–Crippen LogP) is 8.45. The number of benzene rings is 3. The number of amides is 2. The van der Waals surface area contributed by atoms with E-state index in [0.717, 1.165) is 47.0 Å². The van der Waals surface area contributed by atoms with E-state index < -0.39 is 0 Å². The van der Waals surface area contributed by atoms with Gasteiger partial charge in [-0.2, -0.15) is 9.78 Å². The Morgan fingerprint density at radius 2 is 1.78 bits per heavy atom. The highest BCUT2D eigenvalue weighted by Crippen LogP contribution is 2.38. The highest BCUT2D eigenvalue weighted by Gasteiger charge is 2.26. The van der Waals surface area contributed by atoms with E-state index in [9.17, 15) is 14.7 Å². The van der Waals surface area contributed by atoms with Crippen LogP contribution in [-0.2, 0) is 6.54 Å². The number of nitrogens with one attached hydrogen (secondary N) is 2. The second-order valence-corrected chi connectivity index (χ2v) is 12.0. The lowest BCUT2D eigenvalue weighted by atomic mass is 10.0. The topological polar surface area (TPSA) is 96.3 Å². The summed E-state index contributed by atoms with van der Waals surface area (Å²) in [6.45, 7) is 0.258. The number of hydrogen-bond donors (Lipinski definition) is 3. The number of halogens is 2. The zero-order chi connectivity index (χ0) is 28.5. The van der Waals surface area contributed by atoms with Gasteiger partial charge in [-0.3, -0.25) is 4.79 Å². The number of rotatable bonds is 6. The monoisotopic (exact) mass is 604 g/mol. The van der Waals surface area contributed by atoms with E-state index in [1.165, 1.54) is 22.1 Å². The first-order valence-corrected chi connectivity index (χ1v) is 14.9. The van der Waals surface area contributed by atoms with Crippen molar-refractivity contribution in [3.8, 4) is 17.0 Å². The predicted molar refractivity (Wildman–Crippen MR) is 164 cm³/mol. The maximum atomic E-state index is 13.3. The number of nitrogens with zero attached hydrogens (tertiary/aromatic N) is 2. The van der Waals surface area contributed by atoms with Crippen molar-refractivity contribution in [3.05, 3.63) is 99.0 Å². The summed E-state index contributed by atoms with van der Waals surface area (Å²) in [5.41, 5.74) is 3.04. The second kappa shape index (κ2) is 11.6. The SMILES string of the molecule is O=C(Nc1ccc(-c2cc(C3CCCC3)n(C(=O)NCc3ccc(Cl)c(Cl)c3)n2)c(O)c1)c1cc2ccccc2s1. The summed E-state index contributed by atoms with van der Waals surface area (Å²) in [4.78, 5) is 26.7. The smallest absolute Gasteiger partial charge is 0.342 e. The minimum atomic E-state index is -0.365.